The van der Waals surface area contributed by atoms with Gasteiger partial charge >= 0.3 is 0 Å². The number of aromatic nitrogens is 2. The molecule has 1 aliphatic rings. The first-order valence-electron chi connectivity index (χ1n) is 8.70. The Balaban J connectivity index is 1.69. The van der Waals surface area contributed by atoms with Crippen molar-refractivity contribution in [3.05, 3.63) is 59.5 Å². The third kappa shape index (κ3) is 3.36. The van der Waals surface area contributed by atoms with Crippen molar-refractivity contribution in [2.45, 2.75) is 19.8 Å². The Morgan fingerprint density at radius 3 is 2.74 bits per heavy atom. The van der Waals surface area contributed by atoms with Crippen molar-refractivity contribution in [3.8, 4) is 22.8 Å². The lowest BCUT2D eigenvalue weighted by molar-refractivity contribution is 0.102. The Morgan fingerprint density at radius 2 is 1.96 bits per heavy atom. The number of benzene rings is 2. The minimum atomic E-state index is -0.386. The van der Waals surface area contributed by atoms with Crippen LogP contribution >= 0.6 is 0 Å². The number of nitrogens with zero attached hydrogens (tertiary/aromatic N) is 1. The molecule has 0 unspecified atom stereocenters. The number of fused-ring (bicyclic) bond motifs is 1. The molecule has 0 fully saturated rings. The number of aromatic amines is 1. The molecular formula is C20H18FN3O3. The molecule has 0 saturated heterocycles. The van der Waals surface area contributed by atoms with Crippen LogP contribution < -0.4 is 14.8 Å². The summed E-state index contributed by atoms with van der Waals surface area (Å²) in [7, 11) is 0. The maximum atomic E-state index is 13.1. The summed E-state index contributed by atoms with van der Waals surface area (Å²) in [6, 6.07) is 10.9. The van der Waals surface area contributed by atoms with E-state index < -0.39 is 0 Å². The molecule has 3 aromatic rings. The van der Waals surface area contributed by atoms with Crippen LogP contribution in [0.15, 0.2) is 42.5 Å². The minimum absolute atomic E-state index is 0.189. The van der Waals surface area contributed by atoms with E-state index in [9.17, 15) is 9.18 Å². The van der Waals surface area contributed by atoms with E-state index in [2.05, 4.69) is 15.5 Å². The molecule has 7 heteroatoms. The Labute approximate surface area is 155 Å². The van der Waals surface area contributed by atoms with Gasteiger partial charge in [0.2, 0.25) is 6.79 Å². The Morgan fingerprint density at radius 1 is 1.19 bits per heavy atom. The van der Waals surface area contributed by atoms with Gasteiger partial charge in [0.15, 0.2) is 11.5 Å². The number of rotatable bonds is 5. The van der Waals surface area contributed by atoms with Crippen LogP contribution in [-0.4, -0.2) is 22.9 Å². The monoisotopic (exact) mass is 367 g/mol. The first kappa shape index (κ1) is 17.1. The molecule has 138 valence electrons. The van der Waals surface area contributed by atoms with Crippen LogP contribution in [0.4, 0.5) is 10.1 Å². The maximum absolute atomic E-state index is 13.1. The predicted octanol–water partition coefficient (Wildman–Crippen LogP) is 4.15. The van der Waals surface area contributed by atoms with Crippen LogP contribution in [-0.2, 0) is 6.42 Å². The number of H-pyrrole nitrogens is 1. The fraction of sp³-hybridized carbons (Fsp3) is 0.200. The molecule has 0 saturated carbocycles. The van der Waals surface area contributed by atoms with Crippen LogP contribution in [0.1, 0.15) is 29.4 Å². The van der Waals surface area contributed by atoms with Gasteiger partial charge < -0.3 is 14.8 Å². The first-order chi connectivity index (χ1) is 13.2. The normalized spacial score (nSPS) is 12.2. The van der Waals surface area contributed by atoms with Gasteiger partial charge in [0, 0.05) is 11.1 Å². The van der Waals surface area contributed by atoms with Gasteiger partial charge in [-0.05, 0) is 48.9 Å². The fourth-order valence-corrected chi connectivity index (χ4v) is 2.98. The summed E-state index contributed by atoms with van der Waals surface area (Å²) in [6.07, 6.45) is 1.62. The molecule has 4 rings (SSSR count). The zero-order valence-corrected chi connectivity index (χ0v) is 14.7. The number of hydrogen-bond donors (Lipinski definition) is 2. The molecule has 0 aliphatic carbocycles. The molecule has 2 aromatic carbocycles. The molecule has 1 amide bonds. The van der Waals surface area contributed by atoms with E-state index in [-0.39, 0.29) is 18.5 Å². The minimum Gasteiger partial charge on any atom is -0.454 e. The number of amides is 1. The smallest absolute Gasteiger partial charge is 0.255 e. The van der Waals surface area contributed by atoms with E-state index in [1.54, 1.807) is 0 Å². The van der Waals surface area contributed by atoms with Gasteiger partial charge in [-0.25, -0.2) is 4.39 Å². The highest BCUT2D eigenvalue weighted by Gasteiger charge is 2.20. The number of anilines is 1. The second-order valence-corrected chi connectivity index (χ2v) is 6.20. The highest BCUT2D eigenvalue weighted by Crippen LogP contribution is 2.38. The van der Waals surface area contributed by atoms with Gasteiger partial charge in [0.1, 0.15) is 11.5 Å². The van der Waals surface area contributed by atoms with Crippen molar-refractivity contribution < 1.29 is 18.7 Å². The quantitative estimate of drug-likeness (QED) is 0.710. The summed E-state index contributed by atoms with van der Waals surface area (Å²) in [6.45, 7) is 2.24. The topological polar surface area (TPSA) is 76.2 Å². The number of carbonyl (C=O) groups excluding carboxylic acids is 1. The number of aryl methyl sites for hydroxylation is 1. The lowest BCUT2D eigenvalue weighted by atomic mass is 10.1. The number of nitrogens with one attached hydrogen (secondary N) is 2. The first-order valence-corrected chi connectivity index (χ1v) is 8.70. The summed E-state index contributed by atoms with van der Waals surface area (Å²) in [4.78, 5) is 12.6. The van der Waals surface area contributed by atoms with Gasteiger partial charge in [0.05, 0.1) is 11.4 Å². The van der Waals surface area contributed by atoms with Crippen molar-refractivity contribution in [3.63, 3.8) is 0 Å². The molecule has 0 spiro atoms. The standard InChI is InChI=1S/C20H18FN3O3/c1-2-3-15-19(22-20(25)12-4-7-14(21)8-5-12)18(24-23-15)13-6-9-16-17(10-13)27-11-26-16/h4-10H,2-3,11H2,1H3,(H,22,25)(H,23,24). The number of ether oxygens (including phenoxy) is 2. The third-order valence-corrected chi connectivity index (χ3v) is 4.33. The molecule has 0 radical (unpaired) electrons. The number of hydrogen-bond acceptors (Lipinski definition) is 4. The Hall–Kier alpha value is -3.35. The van der Waals surface area contributed by atoms with Gasteiger partial charge in [-0.15, -0.1) is 0 Å². The Kier molecular flexibility index (Phi) is 4.50. The largest absolute Gasteiger partial charge is 0.454 e. The van der Waals surface area contributed by atoms with Crippen molar-refractivity contribution in [1.29, 1.82) is 0 Å². The van der Waals surface area contributed by atoms with E-state index in [4.69, 9.17) is 9.47 Å². The van der Waals surface area contributed by atoms with Crippen molar-refractivity contribution in [2.75, 3.05) is 12.1 Å². The van der Waals surface area contributed by atoms with Crippen molar-refractivity contribution >= 4 is 11.6 Å². The molecule has 6 nitrogen and oxygen atoms in total. The lowest BCUT2D eigenvalue weighted by Crippen LogP contribution is -2.13. The summed E-state index contributed by atoms with van der Waals surface area (Å²) in [5.74, 6) is 0.613. The lowest BCUT2D eigenvalue weighted by Gasteiger charge is -2.09. The van der Waals surface area contributed by atoms with Crippen LogP contribution in [0.3, 0.4) is 0 Å². The summed E-state index contributed by atoms with van der Waals surface area (Å²) >= 11 is 0. The molecule has 2 heterocycles. The highest BCUT2D eigenvalue weighted by atomic mass is 19.1. The summed E-state index contributed by atoms with van der Waals surface area (Å²) < 4.78 is 23.9. The van der Waals surface area contributed by atoms with Crippen LogP contribution in [0.25, 0.3) is 11.3 Å². The van der Waals surface area contributed by atoms with E-state index in [0.717, 1.165) is 24.1 Å². The zero-order chi connectivity index (χ0) is 18.8. The molecule has 1 aromatic heterocycles. The molecule has 0 bridgehead atoms. The Bertz CT molecular complexity index is 983. The van der Waals surface area contributed by atoms with E-state index in [1.807, 2.05) is 25.1 Å². The summed E-state index contributed by atoms with van der Waals surface area (Å²) in [5.41, 5.74) is 3.24. The van der Waals surface area contributed by atoms with Crippen LogP contribution in [0, 0.1) is 5.82 Å². The summed E-state index contributed by atoms with van der Waals surface area (Å²) in [5, 5.41) is 10.3. The maximum Gasteiger partial charge on any atom is 0.255 e. The van der Waals surface area contributed by atoms with Crippen LogP contribution in [0.2, 0.25) is 0 Å². The second-order valence-electron chi connectivity index (χ2n) is 6.20. The van der Waals surface area contributed by atoms with E-state index in [0.29, 0.717) is 28.4 Å². The van der Waals surface area contributed by atoms with Gasteiger partial charge in [-0.2, -0.15) is 5.10 Å². The number of carbonyl (C=O) groups is 1. The van der Waals surface area contributed by atoms with Gasteiger partial charge in [-0.3, -0.25) is 9.89 Å². The fourth-order valence-electron chi connectivity index (χ4n) is 2.98. The average molecular weight is 367 g/mol. The SMILES string of the molecule is CCCc1[nH]nc(-c2ccc3c(c2)OCO3)c1NC(=O)c1ccc(F)cc1. The molecular weight excluding hydrogens is 349 g/mol. The molecule has 2 N–H and O–H groups in total. The molecule has 1 aliphatic heterocycles. The molecule has 0 atom stereocenters. The third-order valence-electron chi connectivity index (χ3n) is 4.33. The van der Waals surface area contributed by atoms with E-state index >= 15 is 0 Å². The second kappa shape index (κ2) is 7.11. The van der Waals surface area contributed by atoms with Gasteiger partial charge in [-0.1, -0.05) is 13.3 Å². The zero-order valence-electron chi connectivity index (χ0n) is 14.7. The van der Waals surface area contributed by atoms with Crippen LogP contribution in [0.5, 0.6) is 11.5 Å². The van der Waals surface area contributed by atoms with Crippen molar-refractivity contribution in [2.24, 2.45) is 0 Å². The number of halogens is 1. The highest BCUT2D eigenvalue weighted by molar-refractivity contribution is 6.06. The molecule has 27 heavy (non-hydrogen) atoms. The van der Waals surface area contributed by atoms with Crippen molar-refractivity contribution in [1.82, 2.24) is 10.2 Å². The van der Waals surface area contributed by atoms with Gasteiger partial charge in [0.25, 0.3) is 5.91 Å². The predicted molar refractivity (Wildman–Crippen MR) is 98.5 cm³/mol. The average Bonchev–Trinajstić information content (AvgIpc) is 3.29. The van der Waals surface area contributed by atoms with E-state index in [1.165, 1.54) is 24.3 Å².